The number of halogens is 4. The van der Waals surface area contributed by atoms with Crippen molar-refractivity contribution < 1.29 is 27.2 Å². The van der Waals surface area contributed by atoms with Crippen LogP contribution in [0.25, 0.3) is 0 Å². The number of nitrogens with zero attached hydrogens (tertiary/aromatic N) is 1. The topological polar surface area (TPSA) is 98.9 Å². The average Bonchev–Trinajstić information content (AvgIpc) is 3.42. The minimum Gasteiger partial charge on any atom is -0.347 e. The molecule has 1 aliphatic carbocycles. The van der Waals surface area contributed by atoms with Crippen LogP contribution in [0.4, 0.5) is 28.0 Å². The van der Waals surface area contributed by atoms with Crippen molar-refractivity contribution in [1.82, 2.24) is 20.6 Å². The van der Waals surface area contributed by atoms with Crippen molar-refractivity contribution in [3.05, 3.63) is 46.8 Å². The van der Waals surface area contributed by atoms with Crippen molar-refractivity contribution >= 4 is 17.6 Å². The monoisotopic (exact) mass is 435 g/mol. The van der Waals surface area contributed by atoms with E-state index in [0.717, 1.165) is 6.07 Å². The predicted octanol–water partition coefficient (Wildman–Crippen LogP) is 3.09. The molecule has 1 atom stereocenters. The molecule has 1 aromatic carbocycles. The Morgan fingerprint density at radius 3 is 2.71 bits per heavy atom. The zero-order valence-corrected chi connectivity index (χ0v) is 16.2. The summed E-state index contributed by atoms with van der Waals surface area (Å²) >= 11 is 0. The van der Waals surface area contributed by atoms with Crippen molar-refractivity contribution in [1.29, 1.82) is 0 Å². The number of benzene rings is 1. The molecule has 1 aromatic heterocycles. The molecule has 2 aliphatic rings. The number of amides is 3. The van der Waals surface area contributed by atoms with Crippen molar-refractivity contribution in [3.8, 4) is 11.8 Å². The molecule has 1 saturated carbocycles. The number of carbonyl (C=O) groups is 2. The van der Waals surface area contributed by atoms with Crippen molar-refractivity contribution in [3.63, 3.8) is 0 Å². The van der Waals surface area contributed by atoms with Gasteiger partial charge in [0.05, 0.1) is 12.0 Å². The maximum Gasteiger partial charge on any atom is 0.427 e. The maximum atomic E-state index is 14.8. The Morgan fingerprint density at radius 1 is 1.35 bits per heavy atom. The maximum absolute atomic E-state index is 14.8. The lowest BCUT2D eigenvalue weighted by molar-refractivity contribution is -0.178. The smallest absolute Gasteiger partial charge is 0.347 e. The number of nitrogens with one attached hydrogen (secondary N) is 4. The van der Waals surface area contributed by atoms with E-state index < -0.39 is 35.0 Å². The molecule has 1 fully saturated rings. The van der Waals surface area contributed by atoms with Crippen LogP contribution < -0.4 is 16.0 Å². The second kappa shape index (κ2) is 7.30. The van der Waals surface area contributed by atoms with Crippen LogP contribution in [0.2, 0.25) is 0 Å². The Balaban J connectivity index is 1.69. The van der Waals surface area contributed by atoms with Crippen LogP contribution in [0.5, 0.6) is 0 Å². The zero-order valence-electron chi connectivity index (χ0n) is 16.2. The molecule has 4 N–H and O–H groups in total. The summed E-state index contributed by atoms with van der Waals surface area (Å²) in [6.45, 7) is 1.29. The van der Waals surface area contributed by atoms with Gasteiger partial charge in [0.25, 0.3) is 5.91 Å². The number of fused-ring (bicyclic) bond motifs is 1. The van der Waals surface area contributed by atoms with Crippen LogP contribution in [0, 0.1) is 30.5 Å². The lowest BCUT2D eigenvalue weighted by Crippen LogP contribution is -2.59. The number of hydrogen-bond donors (Lipinski definition) is 4. The van der Waals surface area contributed by atoms with Gasteiger partial charge in [0, 0.05) is 29.3 Å². The number of carbonyl (C=O) groups excluding carboxylic acids is 2. The molecule has 0 unspecified atom stereocenters. The number of hydrogen-bond acceptors (Lipinski definition) is 3. The number of rotatable bonds is 3. The van der Waals surface area contributed by atoms with Crippen LogP contribution >= 0.6 is 0 Å². The number of aromatic nitrogens is 2. The molecular formula is C20H17F4N5O2. The average molecular weight is 435 g/mol. The summed E-state index contributed by atoms with van der Waals surface area (Å²) < 4.78 is 57.0. The fourth-order valence-electron chi connectivity index (χ4n) is 3.25. The molecule has 4 rings (SSSR count). The Hall–Kier alpha value is -3.55. The summed E-state index contributed by atoms with van der Waals surface area (Å²) in [5.74, 6) is 2.98. The molecule has 31 heavy (non-hydrogen) atoms. The second-order valence-corrected chi connectivity index (χ2v) is 7.41. The third-order valence-electron chi connectivity index (χ3n) is 5.10. The number of aromatic amines is 1. The van der Waals surface area contributed by atoms with Gasteiger partial charge in [-0.2, -0.15) is 13.2 Å². The largest absolute Gasteiger partial charge is 0.427 e. The normalized spacial score (nSPS) is 20.1. The van der Waals surface area contributed by atoms with E-state index in [1.807, 2.05) is 5.32 Å². The van der Waals surface area contributed by atoms with Crippen LogP contribution in [-0.4, -0.2) is 28.1 Å². The van der Waals surface area contributed by atoms with Crippen molar-refractivity contribution in [2.75, 3.05) is 5.32 Å². The van der Waals surface area contributed by atoms with E-state index in [-0.39, 0.29) is 29.4 Å². The zero-order chi connectivity index (χ0) is 22.4. The summed E-state index contributed by atoms with van der Waals surface area (Å²) in [7, 11) is 0. The number of H-pyrrole nitrogens is 1. The molecular weight excluding hydrogens is 418 g/mol. The Kier molecular flexibility index (Phi) is 4.88. The third-order valence-corrected chi connectivity index (χ3v) is 5.10. The Labute approximate surface area is 174 Å². The molecule has 2 aromatic rings. The van der Waals surface area contributed by atoms with Gasteiger partial charge < -0.3 is 20.9 Å². The van der Waals surface area contributed by atoms with E-state index in [4.69, 9.17) is 0 Å². The molecule has 0 bridgehead atoms. The molecule has 3 amide bonds. The Bertz CT molecular complexity index is 1130. The standard InChI is InChI=1S/C20H17F4N5O2/c1-10-16(27-9-26-10)17(30)25-8-12-6-15-13(7-14(12)21)19(20(22,23)24,29-18(31)28-15)5-4-11-2-3-11/h6-7,9,11H,2-3,8H2,1H3,(H,25,30)(H,26,27)(H2,28,29,31)/t19-/m0/s1. The van der Waals surface area contributed by atoms with Gasteiger partial charge in [-0.3, -0.25) is 4.79 Å². The lowest BCUT2D eigenvalue weighted by atomic mass is 9.85. The lowest BCUT2D eigenvalue weighted by Gasteiger charge is -2.37. The minimum absolute atomic E-state index is 0.0994. The molecule has 11 heteroatoms. The highest BCUT2D eigenvalue weighted by Crippen LogP contribution is 2.45. The summed E-state index contributed by atoms with van der Waals surface area (Å²) in [6, 6.07) is 0.660. The van der Waals surface area contributed by atoms with Crippen LogP contribution in [0.1, 0.15) is 40.2 Å². The highest BCUT2D eigenvalue weighted by Gasteiger charge is 2.59. The molecule has 1 aliphatic heterocycles. The minimum atomic E-state index is -4.98. The van der Waals surface area contributed by atoms with Crippen LogP contribution in [-0.2, 0) is 12.1 Å². The van der Waals surface area contributed by atoms with Gasteiger partial charge in [-0.25, -0.2) is 14.2 Å². The molecule has 162 valence electrons. The van der Waals surface area contributed by atoms with Gasteiger partial charge in [-0.1, -0.05) is 11.8 Å². The van der Waals surface area contributed by atoms with Gasteiger partial charge in [-0.05, 0) is 31.9 Å². The quantitative estimate of drug-likeness (QED) is 0.441. The van der Waals surface area contributed by atoms with Crippen LogP contribution in [0.15, 0.2) is 18.5 Å². The highest BCUT2D eigenvalue weighted by atomic mass is 19.4. The number of aryl methyl sites for hydroxylation is 1. The molecule has 0 spiro atoms. The van der Waals surface area contributed by atoms with Crippen molar-refractivity contribution in [2.24, 2.45) is 5.92 Å². The van der Waals surface area contributed by atoms with E-state index in [1.165, 1.54) is 6.33 Å². The first-order chi connectivity index (χ1) is 14.6. The van der Waals surface area contributed by atoms with Gasteiger partial charge in [0.2, 0.25) is 5.54 Å². The molecule has 0 radical (unpaired) electrons. The Morgan fingerprint density at radius 2 is 2.10 bits per heavy atom. The number of alkyl halides is 3. The molecule has 2 heterocycles. The summed E-state index contributed by atoms with van der Waals surface area (Å²) in [6.07, 6.45) is -2.29. The van der Waals surface area contributed by atoms with Crippen molar-refractivity contribution in [2.45, 2.75) is 38.0 Å². The van der Waals surface area contributed by atoms with Crippen LogP contribution in [0.3, 0.4) is 0 Å². The summed E-state index contributed by atoms with van der Waals surface area (Å²) in [5.41, 5.74) is -3.27. The van der Waals surface area contributed by atoms with Gasteiger partial charge in [0.15, 0.2) is 0 Å². The summed E-state index contributed by atoms with van der Waals surface area (Å²) in [5, 5.41) is 6.57. The number of imidazole rings is 1. The van der Waals surface area contributed by atoms with Gasteiger partial charge in [-0.15, -0.1) is 0 Å². The van der Waals surface area contributed by atoms with Gasteiger partial charge in [0.1, 0.15) is 11.5 Å². The first-order valence-electron chi connectivity index (χ1n) is 9.40. The third kappa shape index (κ3) is 3.81. The molecule has 0 saturated heterocycles. The highest BCUT2D eigenvalue weighted by molar-refractivity contribution is 5.95. The first-order valence-corrected chi connectivity index (χ1v) is 9.40. The SMILES string of the molecule is Cc1nc[nH]c1C(=O)NCc1cc2c(cc1F)[C@@](C#CC1CC1)(C(F)(F)F)NC(=O)N2. The number of urea groups is 1. The van der Waals surface area contributed by atoms with E-state index in [0.29, 0.717) is 24.6 Å². The predicted molar refractivity (Wildman–Crippen MR) is 101 cm³/mol. The van der Waals surface area contributed by atoms with E-state index in [2.05, 4.69) is 32.4 Å². The fourth-order valence-corrected chi connectivity index (χ4v) is 3.25. The van der Waals surface area contributed by atoms with E-state index in [1.54, 1.807) is 6.92 Å². The first kappa shape index (κ1) is 20.7. The van der Waals surface area contributed by atoms with E-state index in [9.17, 15) is 27.2 Å². The fraction of sp³-hybridized carbons (Fsp3) is 0.350. The summed E-state index contributed by atoms with van der Waals surface area (Å²) in [4.78, 5) is 30.8. The number of anilines is 1. The molecule has 7 nitrogen and oxygen atoms in total. The second-order valence-electron chi connectivity index (χ2n) is 7.41. The van der Waals surface area contributed by atoms with E-state index >= 15 is 0 Å². The van der Waals surface area contributed by atoms with Gasteiger partial charge >= 0.3 is 12.2 Å².